The van der Waals surface area contributed by atoms with E-state index in [4.69, 9.17) is 5.73 Å². The number of amides is 1. The minimum Gasteiger partial charge on any atom is -0.378 e. The molecule has 0 spiro atoms. The molecule has 0 radical (unpaired) electrons. The average Bonchev–Trinajstić information content (AvgIpc) is 2.82. The SMILES string of the molecule is CN(C)c1ccc(C(=O)NCc2csc(N)n2)cc1. The average molecular weight is 276 g/mol. The molecule has 0 bridgehead atoms. The minimum atomic E-state index is -0.114. The van der Waals surface area contributed by atoms with Crippen molar-refractivity contribution in [3.8, 4) is 0 Å². The zero-order chi connectivity index (χ0) is 13.8. The molecule has 0 atom stereocenters. The van der Waals surface area contributed by atoms with Crippen LogP contribution in [-0.4, -0.2) is 25.0 Å². The maximum absolute atomic E-state index is 11.9. The summed E-state index contributed by atoms with van der Waals surface area (Å²) in [5, 5.41) is 5.16. The lowest BCUT2D eigenvalue weighted by atomic mass is 10.2. The molecule has 0 saturated heterocycles. The number of carbonyl (C=O) groups excluding carboxylic acids is 1. The zero-order valence-corrected chi connectivity index (χ0v) is 11.7. The fraction of sp³-hybridized carbons (Fsp3) is 0.231. The Morgan fingerprint density at radius 2 is 2.05 bits per heavy atom. The topological polar surface area (TPSA) is 71.2 Å². The molecule has 2 rings (SSSR count). The van der Waals surface area contributed by atoms with E-state index in [-0.39, 0.29) is 5.91 Å². The van der Waals surface area contributed by atoms with E-state index in [1.807, 2.05) is 36.5 Å². The van der Waals surface area contributed by atoms with Crippen LogP contribution in [0.4, 0.5) is 10.8 Å². The van der Waals surface area contributed by atoms with Gasteiger partial charge >= 0.3 is 0 Å². The van der Waals surface area contributed by atoms with Crippen molar-refractivity contribution in [1.82, 2.24) is 10.3 Å². The summed E-state index contributed by atoms with van der Waals surface area (Å²) >= 11 is 1.37. The number of benzene rings is 1. The van der Waals surface area contributed by atoms with Crippen LogP contribution < -0.4 is 16.0 Å². The lowest BCUT2D eigenvalue weighted by Gasteiger charge is -2.12. The Labute approximate surface area is 116 Å². The molecule has 0 saturated carbocycles. The van der Waals surface area contributed by atoms with E-state index in [0.717, 1.165) is 11.4 Å². The van der Waals surface area contributed by atoms with Gasteiger partial charge in [0.15, 0.2) is 5.13 Å². The molecule has 0 unspecified atom stereocenters. The molecule has 6 heteroatoms. The van der Waals surface area contributed by atoms with Gasteiger partial charge in [-0.25, -0.2) is 4.98 Å². The minimum absolute atomic E-state index is 0.114. The monoisotopic (exact) mass is 276 g/mol. The molecule has 1 aromatic carbocycles. The second kappa shape index (κ2) is 5.71. The van der Waals surface area contributed by atoms with Crippen molar-refractivity contribution in [1.29, 1.82) is 0 Å². The first-order chi connectivity index (χ1) is 9.06. The third kappa shape index (κ3) is 3.45. The Morgan fingerprint density at radius 1 is 1.37 bits per heavy atom. The molecule has 1 aromatic heterocycles. The number of hydrogen-bond acceptors (Lipinski definition) is 5. The number of anilines is 2. The molecule has 0 fully saturated rings. The van der Waals surface area contributed by atoms with Gasteiger partial charge in [-0.15, -0.1) is 11.3 Å². The Balaban J connectivity index is 1.96. The molecular weight excluding hydrogens is 260 g/mol. The van der Waals surface area contributed by atoms with Gasteiger partial charge in [0.2, 0.25) is 0 Å². The number of nitrogens with one attached hydrogen (secondary N) is 1. The first kappa shape index (κ1) is 13.4. The Hall–Kier alpha value is -2.08. The summed E-state index contributed by atoms with van der Waals surface area (Å²) in [4.78, 5) is 18.0. The van der Waals surface area contributed by atoms with E-state index in [1.54, 1.807) is 12.1 Å². The fourth-order valence-corrected chi connectivity index (χ4v) is 2.15. The summed E-state index contributed by atoms with van der Waals surface area (Å²) < 4.78 is 0. The van der Waals surface area contributed by atoms with Crippen molar-refractivity contribution in [2.75, 3.05) is 24.7 Å². The van der Waals surface area contributed by atoms with E-state index in [9.17, 15) is 4.79 Å². The lowest BCUT2D eigenvalue weighted by molar-refractivity contribution is 0.0950. The predicted octanol–water partition coefficient (Wildman–Crippen LogP) is 1.72. The number of nitrogen functional groups attached to an aromatic ring is 1. The van der Waals surface area contributed by atoms with Crippen LogP contribution in [0.15, 0.2) is 29.6 Å². The van der Waals surface area contributed by atoms with Gasteiger partial charge < -0.3 is 16.0 Å². The van der Waals surface area contributed by atoms with Gasteiger partial charge in [0.05, 0.1) is 12.2 Å². The zero-order valence-electron chi connectivity index (χ0n) is 10.9. The van der Waals surface area contributed by atoms with Crippen molar-refractivity contribution in [2.45, 2.75) is 6.54 Å². The summed E-state index contributed by atoms with van der Waals surface area (Å²) in [7, 11) is 3.92. The summed E-state index contributed by atoms with van der Waals surface area (Å²) in [6.07, 6.45) is 0. The first-order valence-corrected chi connectivity index (χ1v) is 6.69. The van der Waals surface area contributed by atoms with Crippen LogP contribution in [0.1, 0.15) is 16.1 Å². The van der Waals surface area contributed by atoms with Crippen molar-refractivity contribution in [3.05, 3.63) is 40.9 Å². The number of hydrogen-bond donors (Lipinski definition) is 2. The Morgan fingerprint density at radius 3 is 2.58 bits per heavy atom. The molecule has 1 amide bonds. The van der Waals surface area contributed by atoms with E-state index in [1.165, 1.54) is 11.3 Å². The summed E-state index contributed by atoms with van der Waals surface area (Å²) in [6, 6.07) is 7.44. The van der Waals surface area contributed by atoms with Gasteiger partial charge in [0, 0.05) is 30.7 Å². The van der Waals surface area contributed by atoms with Crippen LogP contribution in [0, 0.1) is 0 Å². The van der Waals surface area contributed by atoms with Crippen molar-refractivity contribution >= 4 is 28.1 Å². The van der Waals surface area contributed by atoms with E-state index >= 15 is 0 Å². The summed E-state index contributed by atoms with van der Waals surface area (Å²) in [6.45, 7) is 0.391. The molecule has 1 heterocycles. The van der Waals surface area contributed by atoms with Gasteiger partial charge in [-0.05, 0) is 24.3 Å². The normalized spacial score (nSPS) is 10.2. The van der Waals surface area contributed by atoms with Gasteiger partial charge in [0.1, 0.15) is 0 Å². The molecule has 0 aliphatic heterocycles. The van der Waals surface area contributed by atoms with Crippen LogP contribution in [0.25, 0.3) is 0 Å². The molecule has 19 heavy (non-hydrogen) atoms. The largest absolute Gasteiger partial charge is 0.378 e. The molecule has 5 nitrogen and oxygen atoms in total. The number of carbonyl (C=O) groups is 1. The van der Waals surface area contributed by atoms with Crippen LogP contribution >= 0.6 is 11.3 Å². The van der Waals surface area contributed by atoms with Gasteiger partial charge in [-0.2, -0.15) is 0 Å². The number of rotatable bonds is 4. The van der Waals surface area contributed by atoms with Crippen molar-refractivity contribution in [2.24, 2.45) is 0 Å². The van der Waals surface area contributed by atoms with E-state index in [0.29, 0.717) is 17.2 Å². The van der Waals surface area contributed by atoms with Crippen LogP contribution in [0.2, 0.25) is 0 Å². The number of thiazole rings is 1. The van der Waals surface area contributed by atoms with Gasteiger partial charge in [-0.3, -0.25) is 4.79 Å². The van der Waals surface area contributed by atoms with E-state index < -0.39 is 0 Å². The standard InChI is InChI=1S/C13H16N4OS/c1-17(2)11-5-3-9(4-6-11)12(18)15-7-10-8-19-13(14)16-10/h3-6,8H,7H2,1-2H3,(H2,14,16)(H,15,18). The number of aromatic nitrogens is 1. The van der Waals surface area contributed by atoms with Crippen molar-refractivity contribution < 1.29 is 4.79 Å². The molecule has 0 aliphatic carbocycles. The highest BCUT2D eigenvalue weighted by atomic mass is 32.1. The quantitative estimate of drug-likeness (QED) is 0.892. The highest BCUT2D eigenvalue weighted by Gasteiger charge is 2.06. The molecule has 2 aromatic rings. The fourth-order valence-electron chi connectivity index (χ4n) is 1.59. The molecular formula is C13H16N4OS. The van der Waals surface area contributed by atoms with Gasteiger partial charge in [-0.1, -0.05) is 0 Å². The Kier molecular flexibility index (Phi) is 4.01. The molecule has 0 aliphatic rings. The predicted molar refractivity (Wildman–Crippen MR) is 78.5 cm³/mol. The smallest absolute Gasteiger partial charge is 0.251 e. The van der Waals surface area contributed by atoms with Crippen LogP contribution in [-0.2, 0) is 6.54 Å². The third-order valence-corrected chi connectivity index (χ3v) is 3.37. The third-order valence-electron chi connectivity index (χ3n) is 2.65. The second-order valence-corrected chi connectivity index (χ2v) is 5.19. The number of nitrogens with zero attached hydrogens (tertiary/aromatic N) is 2. The summed E-state index contributed by atoms with van der Waals surface area (Å²) in [5.41, 5.74) is 8.00. The maximum atomic E-state index is 11.9. The maximum Gasteiger partial charge on any atom is 0.251 e. The van der Waals surface area contributed by atoms with Crippen LogP contribution in [0.5, 0.6) is 0 Å². The number of nitrogens with two attached hydrogens (primary N) is 1. The van der Waals surface area contributed by atoms with Crippen molar-refractivity contribution in [3.63, 3.8) is 0 Å². The van der Waals surface area contributed by atoms with E-state index in [2.05, 4.69) is 10.3 Å². The second-order valence-electron chi connectivity index (χ2n) is 4.30. The highest BCUT2D eigenvalue weighted by Crippen LogP contribution is 2.13. The Bertz CT molecular complexity index is 562. The van der Waals surface area contributed by atoms with Gasteiger partial charge in [0.25, 0.3) is 5.91 Å². The molecule has 100 valence electrons. The lowest BCUT2D eigenvalue weighted by Crippen LogP contribution is -2.23. The van der Waals surface area contributed by atoms with Crippen LogP contribution in [0.3, 0.4) is 0 Å². The first-order valence-electron chi connectivity index (χ1n) is 5.82. The summed E-state index contributed by atoms with van der Waals surface area (Å²) in [5.74, 6) is -0.114. The molecule has 3 N–H and O–H groups in total. The highest BCUT2D eigenvalue weighted by molar-refractivity contribution is 7.13.